The van der Waals surface area contributed by atoms with Crippen LogP contribution in [0.15, 0.2) is 0 Å². The Labute approximate surface area is 114 Å². The van der Waals surface area contributed by atoms with E-state index in [1.165, 1.54) is 6.92 Å². The Bertz CT molecular complexity index is 364. The maximum absolute atomic E-state index is 11.1. The molecule has 0 aromatic heterocycles. The van der Waals surface area contributed by atoms with E-state index < -0.39 is 33.5 Å². The van der Waals surface area contributed by atoms with Crippen molar-refractivity contribution in [1.29, 1.82) is 5.26 Å². The molecule has 0 spiro atoms. The summed E-state index contributed by atoms with van der Waals surface area (Å²) in [6, 6.07) is 1.68. The molecule has 94 valence electrons. The highest BCUT2D eigenvalue weighted by Crippen LogP contribution is 2.25. The molecule has 0 radical (unpaired) electrons. The molecule has 0 aromatic carbocycles. The van der Waals surface area contributed by atoms with Crippen molar-refractivity contribution in [3.63, 3.8) is 0 Å². The molecule has 7 heteroatoms. The first-order chi connectivity index (χ1) is 7.79. The fraction of sp³-hybridized carbons (Fsp3) is 0.600. The lowest BCUT2D eigenvalue weighted by atomic mass is 9.89. The van der Waals surface area contributed by atoms with E-state index in [1.807, 2.05) is 0 Å². The summed E-state index contributed by atoms with van der Waals surface area (Å²) in [4.78, 5) is 32.8. The first-order valence-corrected chi connectivity index (χ1v) is 5.90. The molecule has 0 heterocycles. The normalized spacial score (nSPS) is 15.5. The van der Waals surface area contributed by atoms with Gasteiger partial charge in [0.15, 0.2) is 0 Å². The van der Waals surface area contributed by atoms with Crippen molar-refractivity contribution in [3.8, 4) is 6.07 Å². The Kier molecular flexibility index (Phi) is 7.37. The van der Waals surface area contributed by atoms with E-state index in [1.54, 1.807) is 6.07 Å². The molecular formula is C10H10Cl3NO3. The highest BCUT2D eigenvalue weighted by molar-refractivity contribution is 6.65. The molecule has 0 saturated carbocycles. The second-order valence-electron chi connectivity index (χ2n) is 3.66. The van der Waals surface area contributed by atoms with E-state index >= 15 is 0 Å². The first-order valence-electron chi connectivity index (χ1n) is 4.77. The molecule has 0 N–H and O–H groups in total. The number of halogens is 3. The fourth-order valence-corrected chi connectivity index (χ4v) is 1.69. The van der Waals surface area contributed by atoms with Crippen LogP contribution in [-0.2, 0) is 14.4 Å². The largest absolute Gasteiger partial charge is 0.281 e. The van der Waals surface area contributed by atoms with Gasteiger partial charge in [-0.25, -0.2) is 0 Å². The van der Waals surface area contributed by atoms with Crippen molar-refractivity contribution in [2.45, 2.75) is 19.8 Å². The predicted molar refractivity (Wildman–Crippen MR) is 63.6 cm³/mol. The van der Waals surface area contributed by atoms with E-state index in [0.717, 1.165) is 0 Å². The fourth-order valence-electron chi connectivity index (χ4n) is 1.28. The summed E-state index contributed by atoms with van der Waals surface area (Å²) in [5.41, 5.74) is 0. The Morgan fingerprint density at radius 2 is 1.59 bits per heavy atom. The molecule has 0 aromatic rings. The molecule has 3 atom stereocenters. The molecule has 0 bridgehead atoms. The van der Waals surface area contributed by atoms with Gasteiger partial charge in [-0.15, -0.1) is 0 Å². The zero-order valence-corrected chi connectivity index (χ0v) is 11.2. The van der Waals surface area contributed by atoms with Crippen molar-refractivity contribution in [2.75, 3.05) is 0 Å². The number of carbonyl (C=O) groups is 3. The third-order valence-electron chi connectivity index (χ3n) is 2.30. The van der Waals surface area contributed by atoms with Crippen molar-refractivity contribution in [3.05, 3.63) is 0 Å². The second-order valence-corrected chi connectivity index (χ2v) is 4.78. The quantitative estimate of drug-likeness (QED) is 0.677. The van der Waals surface area contributed by atoms with Gasteiger partial charge >= 0.3 is 0 Å². The molecule has 0 amide bonds. The molecule has 0 aliphatic rings. The Morgan fingerprint density at radius 3 is 1.88 bits per heavy atom. The van der Waals surface area contributed by atoms with Crippen LogP contribution in [0.25, 0.3) is 0 Å². The molecule has 0 aliphatic heterocycles. The van der Waals surface area contributed by atoms with E-state index in [-0.39, 0.29) is 12.8 Å². The molecule has 0 fully saturated rings. The van der Waals surface area contributed by atoms with Crippen LogP contribution in [0.4, 0.5) is 0 Å². The van der Waals surface area contributed by atoms with Gasteiger partial charge in [0.25, 0.3) is 0 Å². The SMILES string of the molecule is CC(CC(CC(C#N)C(=O)Cl)C(=O)Cl)C(=O)Cl. The van der Waals surface area contributed by atoms with E-state index in [2.05, 4.69) is 0 Å². The molecule has 17 heavy (non-hydrogen) atoms. The van der Waals surface area contributed by atoms with E-state index in [4.69, 9.17) is 40.1 Å². The van der Waals surface area contributed by atoms with Crippen LogP contribution in [0.2, 0.25) is 0 Å². The first kappa shape index (κ1) is 16.4. The van der Waals surface area contributed by atoms with Gasteiger partial charge in [0.2, 0.25) is 15.7 Å². The second kappa shape index (κ2) is 7.65. The van der Waals surface area contributed by atoms with Crippen LogP contribution >= 0.6 is 34.8 Å². The van der Waals surface area contributed by atoms with Crippen molar-refractivity contribution < 1.29 is 14.4 Å². The van der Waals surface area contributed by atoms with Crippen LogP contribution in [-0.4, -0.2) is 15.7 Å². The third kappa shape index (κ3) is 6.02. The zero-order chi connectivity index (χ0) is 13.6. The summed E-state index contributed by atoms with van der Waals surface area (Å²) in [6.45, 7) is 1.53. The lowest BCUT2D eigenvalue weighted by molar-refractivity contribution is -0.118. The average molecular weight is 299 g/mol. The van der Waals surface area contributed by atoms with Crippen LogP contribution in [0.5, 0.6) is 0 Å². The smallest absolute Gasteiger partial charge is 0.238 e. The maximum Gasteiger partial charge on any atom is 0.238 e. The van der Waals surface area contributed by atoms with Crippen LogP contribution < -0.4 is 0 Å². The lowest BCUT2D eigenvalue weighted by Gasteiger charge is -2.16. The van der Waals surface area contributed by atoms with Gasteiger partial charge in [-0.1, -0.05) is 6.92 Å². The number of hydrogen-bond acceptors (Lipinski definition) is 4. The monoisotopic (exact) mass is 297 g/mol. The highest BCUT2D eigenvalue weighted by Gasteiger charge is 2.28. The Balaban J connectivity index is 4.66. The summed E-state index contributed by atoms with van der Waals surface area (Å²) in [6.07, 6.45) is -0.0112. The van der Waals surface area contributed by atoms with Crippen molar-refractivity contribution in [2.24, 2.45) is 17.8 Å². The minimum atomic E-state index is -1.11. The van der Waals surface area contributed by atoms with Gasteiger partial charge < -0.3 is 0 Å². The summed E-state index contributed by atoms with van der Waals surface area (Å²) in [5, 5.41) is 6.51. The summed E-state index contributed by atoms with van der Waals surface area (Å²) < 4.78 is 0. The molecule has 3 unspecified atom stereocenters. The Hall–Kier alpha value is -0.630. The minimum Gasteiger partial charge on any atom is -0.281 e. The highest BCUT2D eigenvalue weighted by atomic mass is 35.5. The van der Waals surface area contributed by atoms with Crippen LogP contribution in [0.3, 0.4) is 0 Å². The van der Waals surface area contributed by atoms with Gasteiger partial charge in [0.05, 0.1) is 6.07 Å². The van der Waals surface area contributed by atoms with Crippen molar-refractivity contribution >= 4 is 50.5 Å². The Morgan fingerprint density at radius 1 is 1.06 bits per heavy atom. The van der Waals surface area contributed by atoms with Gasteiger partial charge in [0.1, 0.15) is 5.92 Å². The molecule has 0 saturated heterocycles. The lowest BCUT2D eigenvalue weighted by Crippen LogP contribution is -2.21. The molecular weight excluding hydrogens is 288 g/mol. The minimum absolute atomic E-state index is 0.0903. The predicted octanol–water partition coefficient (Wildman–Crippen LogP) is 2.45. The number of nitriles is 1. The van der Waals surface area contributed by atoms with Crippen LogP contribution in [0.1, 0.15) is 19.8 Å². The number of carbonyl (C=O) groups excluding carboxylic acids is 3. The molecule has 4 nitrogen and oxygen atoms in total. The summed E-state index contributed by atoms with van der Waals surface area (Å²) >= 11 is 15.8. The molecule has 0 rings (SSSR count). The number of hydrogen-bond donors (Lipinski definition) is 0. The standard InChI is InChI=1S/C10H10Cl3NO3/c1-5(8(11)15)2-6(9(12)16)3-7(4-14)10(13)17/h5-7H,2-3H2,1H3. The van der Waals surface area contributed by atoms with E-state index in [0.29, 0.717) is 0 Å². The van der Waals surface area contributed by atoms with E-state index in [9.17, 15) is 14.4 Å². The van der Waals surface area contributed by atoms with Crippen molar-refractivity contribution in [1.82, 2.24) is 0 Å². The van der Waals surface area contributed by atoms with Gasteiger partial charge in [-0.05, 0) is 47.6 Å². The number of rotatable bonds is 7. The summed E-state index contributed by atoms with van der Waals surface area (Å²) in [5.74, 6) is -2.47. The van der Waals surface area contributed by atoms with Gasteiger partial charge in [-0.2, -0.15) is 5.26 Å². The maximum atomic E-state index is 11.1. The summed E-state index contributed by atoms with van der Waals surface area (Å²) in [7, 11) is 0. The number of nitrogens with zero attached hydrogens (tertiary/aromatic N) is 1. The zero-order valence-electron chi connectivity index (χ0n) is 8.95. The van der Waals surface area contributed by atoms with Gasteiger partial charge in [-0.3, -0.25) is 14.4 Å². The molecule has 0 aliphatic carbocycles. The average Bonchev–Trinajstić information content (AvgIpc) is 2.22. The third-order valence-corrected chi connectivity index (χ3v) is 3.24. The topological polar surface area (TPSA) is 75.0 Å². The van der Waals surface area contributed by atoms with Gasteiger partial charge in [0, 0.05) is 11.8 Å². The van der Waals surface area contributed by atoms with Crippen LogP contribution in [0, 0.1) is 29.1 Å².